The standard InChI is InChI=1S/C24H24N2O2/c1-15-5-7-17(3)21(13-15)25-23(27)19-9-11-20(12-10-19)24(28)26-22-14-16(2)6-8-18(22)4/h5-14H,1-4H3,(H,25,27)(H,26,28). The van der Waals surface area contributed by atoms with Crippen LogP contribution in [0.1, 0.15) is 43.0 Å². The predicted octanol–water partition coefficient (Wildman–Crippen LogP) is 5.42. The Morgan fingerprint density at radius 3 is 1.29 bits per heavy atom. The van der Waals surface area contributed by atoms with Gasteiger partial charge in [0.2, 0.25) is 0 Å². The molecule has 28 heavy (non-hydrogen) atoms. The first-order valence-corrected chi connectivity index (χ1v) is 9.21. The molecule has 0 atom stereocenters. The summed E-state index contributed by atoms with van der Waals surface area (Å²) in [6.07, 6.45) is 0. The Morgan fingerprint density at radius 2 is 0.929 bits per heavy atom. The van der Waals surface area contributed by atoms with Gasteiger partial charge in [0.25, 0.3) is 11.8 Å². The molecule has 0 saturated carbocycles. The number of rotatable bonds is 4. The maximum absolute atomic E-state index is 12.5. The summed E-state index contributed by atoms with van der Waals surface area (Å²) in [4.78, 5) is 25.0. The highest BCUT2D eigenvalue weighted by Crippen LogP contribution is 2.19. The predicted molar refractivity (Wildman–Crippen MR) is 114 cm³/mol. The number of amides is 2. The zero-order chi connectivity index (χ0) is 20.3. The number of carbonyl (C=O) groups excluding carboxylic acids is 2. The third kappa shape index (κ3) is 4.46. The first-order chi connectivity index (χ1) is 13.3. The molecule has 0 aliphatic carbocycles. The summed E-state index contributed by atoms with van der Waals surface area (Å²) in [6.45, 7) is 7.88. The van der Waals surface area contributed by atoms with Crippen LogP contribution in [0.25, 0.3) is 0 Å². The van der Waals surface area contributed by atoms with Gasteiger partial charge in [0.1, 0.15) is 0 Å². The van der Waals surface area contributed by atoms with Crippen molar-refractivity contribution in [2.45, 2.75) is 27.7 Å². The van der Waals surface area contributed by atoms with Gasteiger partial charge in [-0.3, -0.25) is 9.59 Å². The molecule has 4 heteroatoms. The summed E-state index contributed by atoms with van der Waals surface area (Å²) in [6, 6.07) is 18.5. The van der Waals surface area contributed by atoms with Crippen molar-refractivity contribution in [2.75, 3.05) is 10.6 Å². The Morgan fingerprint density at radius 1 is 0.571 bits per heavy atom. The van der Waals surface area contributed by atoms with Gasteiger partial charge in [-0.1, -0.05) is 24.3 Å². The SMILES string of the molecule is Cc1ccc(C)c(NC(=O)c2ccc(C(=O)Nc3cc(C)ccc3C)cc2)c1. The summed E-state index contributed by atoms with van der Waals surface area (Å²) in [5.74, 6) is -0.398. The van der Waals surface area contributed by atoms with Gasteiger partial charge in [-0.25, -0.2) is 0 Å². The second-order valence-electron chi connectivity index (χ2n) is 7.12. The minimum atomic E-state index is -0.199. The third-order valence-electron chi connectivity index (χ3n) is 4.69. The first kappa shape index (κ1) is 19.4. The maximum Gasteiger partial charge on any atom is 0.255 e. The Bertz CT molecular complexity index is 952. The smallest absolute Gasteiger partial charge is 0.255 e. The van der Waals surface area contributed by atoms with Gasteiger partial charge in [-0.05, 0) is 86.3 Å². The average Bonchev–Trinajstić information content (AvgIpc) is 2.67. The number of anilines is 2. The van der Waals surface area contributed by atoms with E-state index in [0.29, 0.717) is 11.1 Å². The average molecular weight is 372 g/mol. The number of hydrogen-bond acceptors (Lipinski definition) is 2. The first-order valence-electron chi connectivity index (χ1n) is 9.21. The second kappa shape index (κ2) is 8.09. The maximum atomic E-state index is 12.5. The van der Waals surface area contributed by atoms with E-state index in [9.17, 15) is 9.59 Å². The van der Waals surface area contributed by atoms with Crippen LogP contribution in [0, 0.1) is 27.7 Å². The molecule has 142 valence electrons. The van der Waals surface area contributed by atoms with Crippen LogP contribution in [0.5, 0.6) is 0 Å². The largest absolute Gasteiger partial charge is 0.322 e. The molecule has 0 radical (unpaired) electrons. The van der Waals surface area contributed by atoms with Crippen LogP contribution in [-0.4, -0.2) is 11.8 Å². The molecule has 3 aromatic rings. The summed E-state index contributed by atoms with van der Waals surface area (Å²) in [5.41, 5.74) is 6.77. The molecule has 0 heterocycles. The lowest BCUT2D eigenvalue weighted by Crippen LogP contribution is -2.15. The molecule has 0 saturated heterocycles. The molecule has 0 spiro atoms. The molecule has 0 aliphatic heterocycles. The van der Waals surface area contributed by atoms with Gasteiger partial charge >= 0.3 is 0 Å². The van der Waals surface area contributed by atoms with Gasteiger partial charge in [-0.2, -0.15) is 0 Å². The van der Waals surface area contributed by atoms with Crippen molar-refractivity contribution >= 4 is 23.2 Å². The molecule has 0 bridgehead atoms. The molecule has 4 nitrogen and oxygen atoms in total. The molecular weight excluding hydrogens is 348 g/mol. The van der Waals surface area contributed by atoms with Crippen molar-refractivity contribution in [2.24, 2.45) is 0 Å². The van der Waals surface area contributed by atoms with Crippen LogP contribution in [0.15, 0.2) is 60.7 Å². The van der Waals surface area contributed by atoms with Crippen molar-refractivity contribution < 1.29 is 9.59 Å². The molecule has 3 rings (SSSR count). The summed E-state index contributed by atoms with van der Waals surface area (Å²) < 4.78 is 0. The fourth-order valence-electron chi connectivity index (χ4n) is 2.90. The lowest BCUT2D eigenvalue weighted by atomic mass is 10.1. The number of nitrogens with one attached hydrogen (secondary N) is 2. The van der Waals surface area contributed by atoms with Crippen LogP contribution in [0.2, 0.25) is 0 Å². The highest BCUT2D eigenvalue weighted by molar-refractivity contribution is 6.07. The van der Waals surface area contributed by atoms with E-state index in [-0.39, 0.29) is 11.8 Å². The summed E-state index contributed by atoms with van der Waals surface area (Å²) in [5, 5.41) is 5.86. The van der Waals surface area contributed by atoms with Crippen LogP contribution in [0.3, 0.4) is 0 Å². The molecule has 0 fully saturated rings. The molecule has 2 N–H and O–H groups in total. The minimum Gasteiger partial charge on any atom is -0.322 e. The Kier molecular flexibility index (Phi) is 5.59. The fourth-order valence-corrected chi connectivity index (χ4v) is 2.90. The van der Waals surface area contributed by atoms with Crippen LogP contribution in [-0.2, 0) is 0 Å². The van der Waals surface area contributed by atoms with E-state index < -0.39 is 0 Å². The fraction of sp³-hybridized carbons (Fsp3) is 0.167. The highest BCUT2D eigenvalue weighted by Gasteiger charge is 2.11. The zero-order valence-corrected chi connectivity index (χ0v) is 16.6. The molecule has 0 aliphatic rings. The zero-order valence-electron chi connectivity index (χ0n) is 16.6. The Balaban J connectivity index is 1.72. The third-order valence-corrected chi connectivity index (χ3v) is 4.69. The van der Waals surface area contributed by atoms with Crippen LogP contribution >= 0.6 is 0 Å². The number of carbonyl (C=O) groups is 2. The van der Waals surface area contributed by atoms with Crippen molar-refractivity contribution in [3.8, 4) is 0 Å². The lowest BCUT2D eigenvalue weighted by Gasteiger charge is -2.11. The second-order valence-corrected chi connectivity index (χ2v) is 7.12. The molecule has 2 amide bonds. The van der Waals surface area contributed by atoms with Crippen LogP contribution < -0.4 is 10.6 Å². The van der Waals surface area contributed by atoms with Crippen molar-refractivity contribution in [3.05, 3.63) is 94.0 Å². The van der Waals surface area contributed by atoms with Crippen molar-refractivity contribution in [1.29, 1.82) is 0 Å². The topological polar surface area (TPSA) is 58.2 Å². The van der Waals surface area contributed by atoms with Crippen molar-refractivity contribution in [3.63, 3.8) is 0 Å². The summed E-state index contributed by atoms with van der Waals surface area (Å²) in [7, 11) is 0. The van der Waals surface area contributed by atoms with E-state index in [4.69, 9.17) is 0 Å². The minimum absolute atomic E-state index is 0.199. The lowest BCUT2D eigenvalue weighted by molar-refractivity contribution is 0.101. The molecular formula is C24H24N2O2. The van der Waals surface area contributed by atoms with E-state index in [1.165, 1.54) is 0 Å². The van der Waals surface area contributed by atoms with Crippen LogP contribution in [0.4, 0.5) is 11.4 Å². The molecule has 0 aromatic heterocycles. The van der Waals surface area contributed by atoms with Gasteiger partial charge < -0.3 is 10.6 Å². The highest BCUT2D eigenvalue weighted by atomic mass is 16.2. The van der Waals surface area contributed by atoms with Gasteiger partial charge in [0.05, 0.1) is 0 Å². The number of benzene rings is 3. The quantitative estimate of drug-likeness (QED) is 0.642. The molecule has 3 aromatic carbocycles. The summed E-state index contributed by atoms with van der Waals surface area (Å²) >= 11 is 0. The van der Waals surface area contributed by atoms with E-state index in [1.807, 2.05) is 64.1 Å². The van der Waals surface area contributed by atoms with E-state index in [2.05, 4.69) is 10.6 Å². The van der Waals surface area contributed by atoms with E-state index in [1.54, 1.807) is 24.3 Å². The van der Waals surface area contributed by atoms with E-state index in [0.717, 1.165) is 33.6 Å². The molecule has 0 unspecified atom stereocenters. The number of aryl methyl sites for hydroxylation is 4. The van der Waals surface area contributed by atoms with Gasteiger partial charge in [0, 0.05) is 22.5 Å². The van der Waals surface area contributed by atoms with E-state index >= 15 is 0 Å². The van der Waals surface area contributed by atoms with Gasteiger partial charge in [-0.15, -0.1) is 0 Å². The van der Waals surface area contributed by atoms with Gasteiger partial charge in [0.15, 0.2) is 0 Å². The monoisotopic (exact) mass is 372 g/mol. The Labute approximate surface area is 165 Å². The normalized spacial score (nSPS) is 10.4. The number of hydrogen-bond donors (Lipinski definition) is 2. The van der Waals surface area contributed by atoms with Crippen molar-refractivity contribution in [1.82, 2.24) is 0 Å². The Hall–Kier alpha value is -3.40.